The summed E-state index contributed by atoms with van der Waals surface area (Å²) in [6.07, 6.45) is 0. The summed E-state index contributed by atoms with van der Waals surface area (Å²) in [5.41, 5.74) is 7.80. The molecule has 3 rings (SSSR count). The van der Waals surface area contributed by atoms with Crippen molar-refractivity contribution in [2.75, 3.05) is 18.4 Å². The lowest BCUT2D eigenvalue weighted by Gasteiger charge is -2.10. The van der Waals surface area contributed by atoms with E-state index in [0.717, 1.165) is 22.1 Å². The van der Waals surface area contributed by atoms with Crippen LogP contribution in [0, 0.1) is 0 Å². The van der Waals surface area contributed by atoms with Crippen molar-refractivity contribution in [3.8, 4) is 0 Å². The maximum absolute atomic E-state index is 11.3. The highest BCUT2D eigenvalue weighted by molar-refractivity contribution is 7.89. The Morgan fingerprint density at radius 3 is 2.23 bits per heavy atom. The zero-order valence-corrected chi connectivity index (χ0v) is 14.8. The van der Waals surface area contributed by atoms with Gasteiger partial charge in [-0.15, -0.1) is 5.11 Å². The van der Waals surface area contributed by atoms with Crippen LogP contribution in [0.5, 0.6) is 0 Å². The Kier molecular flexibility index (Phi) is 5.27. The van der Waals surface area contributed by atoms with E-state index in [9.17, 15) is 8.42 Å². The lowest BCUT2D eigenvalue weighted by atomic mass is 10.1. The van der Waals surface area contributed by atoms with Crippen LogP contribution in [0.2, 0.25) is 0 Å². The lowest BCUT2D eigenvalue weighted by molar-refractivity contribution is 0.598. The molecule has 0 bridgehead atoms. The number of hydrogen-bond donors (Lipinski definition) is 3. The smallest absolute Gasteiger partial charge is 0.238 e. The molecule has 7 nitrogen and oxygen atoms in total. The van der Waals surface area contributed by atoms with Crippen LogP contribution in [0.1, 0.15) is 0 Å². The molecule has 0 saturated heterocycles. The minimum atomic E-state index is -3.72. The van der Waals surface area contributed by atoms with Gasteiger partial charge in [-0.05, 0) is 36.4 Å². The van der Waals surface area contributed by atoms with Gasteiger partial charge in [0.05, 0.1) is 16.3 Å². The summed E-state index contributed by atoms with van der Waals surface area (Å²) >= 11 is 0. The van der Waals surface area contributed by atoms with E-state index in [2.05, 4.69) is 15.5 Å². The number of nitrogens with zero attached hydrogens (tertiary/aromatic N) is 2. The second-order valence-electron chi connectivity index (χ2n) is 5.63. The van der Waals surface area contributed by atoms with Gasteiger partial charge in [0.1, 0.15) is 0 Å². The molecule has 0 aliphatic rings. The first-order valence-corrected chi connectivity index (χ1v) is 9.54. The number of sulfonamides is 1. The maximum atomic E-state index is 11.3. The number of azo groups is 1. The molecule has 0 saturated carbocycles. The maximum Gasteiger partial charge on any atom is 0.238 e. The molecule has 0 aliphatic carbocycles. The summed E-state index contributed by atoms with van der Waals surface area (Å²) in [5, 5.41) is 18.9. The highest BCUT2D eigenvalue weighted by Crippen LogP contribution is 2.32. The van der Waals surface area contributed by atoms with Gasteiger partial charge in [-0.25, -0.2) is 13.6 Å². The van der Waals surface area contributed by atoms with Crippen LogP contribution in [-0.4, -0.2) is 21.5 Å². The van der Waals surface area contributed by atoms with E-state index in [0.29, 0.717) is 18.8 Å². The molecular formula is C18H19N5O2S. The van der Waals surface area contributed by atoms with Crippen LogP contribution in [0.15, 0.2) is 75.8 Å². The van der Waals surface area contributed by atoms with E-state index in [-0.39, 0.29) is 4.90 Å². The molecule has 0 radical (unpaired) electrons. The second kappa shape index (κ2) is 7.61. The van der Waals surface area contributed by atoms with E-state index in [1.165, 1.54) is 12.1 Å². The predicted octanol–water partition coefficient (Wildman–Crippen LogP) is 3.27. The van der Waals surface area contributed by atoms with E-state index in [1.807, 2.05) is 36.4 Å². The van der Waals surface area contributed by atoms with Gasteiger partial charge in [-0.2, -0.15) is 5.11 Å². The standard InChI is InChI=1S/C18H19N5O2S/c19-11-12-21-17-9-10-18(16-4-2-1-3-15(16)17)23-22-13-5-7-14(8-6-13)26(20,24)25/h1-10,21H,11-12,19H2,(H2,20,24,25). The van der Waals surface area contributed by atoms with Gasteiger partial charge in [0.25, 0.3) is 0 Å². The number of primary sulfonamides is 1. The molecule has 134 valence electrons. The molecular weight excluding hydrogens is 350 g/mol. The first-order valence-electron chi connectivity index (χ1n) is 7.99. The fourth-order valence-electron chi connectivity index (χ4n) is 2.55. The van der Waals surface area contributed by atoms with Gasteiger partial charge in [0.2, 0.25) is 10.0 Å². The summed E-state index contributed by atoms with van der Waals surface area (Å²) in [4.78, 5) is 0.0391. The van der Waals surface area contributed by atoms with E-state index in [1.54, 1.807) is 12.1 Å². The molecule has 3 aromatic carbocycles. The monoisotopic (exact) mass is 369 g/mol. The van der Waals surface area contributed by atoms with Gasteiger partial charge >= 0.3 is 0 Å². The molecule has 0 unspecified atom stereocenters. The minimum Gasteiger partial charge on any atom is -0.383 e. The summed E-state index contributed by atoms with van der Waals surface area (Å²) < 4.78 is 22.6. The Bertz CT molecular complexity index is 1050. The summed E-state index contributed by atoms with van der Waals surface area (Å²) in [6.45, 7) is 1.23. The number of rotatable bonds is 6. The lowest BCUT2D eigenvalue weighted by Crippen LogP contribution is -2.13. The first-order chi connectivity index (χ1) is 12.5. The number of nitrogens with two attached hydrogens (primary N) is 2. The summed E-state index contributed by atoms with van der Waals surface area (Å²) in [7, 11) is -3.72. The molecule has 3 aromatic rings. The van der Waals surface area contributed by atoms with Gasteiger partial charge in [0.15, 0.2) is 0 Å². The fourth-order valence-corrected chi connectivity index (χ4v) is 3.06. The minimum absolute atomic E-state index is 0.0391. The SMILES string of the molecule is NCCNc1ccc(N=Nc2ccc(S(N)(=O)=O)cc2)c2ccccc12. The van der Waals surface area contributed by atoms with E-state index >= 15 is 0 Å². The summed E-state index contributed by atoms with van der Waals surface area (Å²) in [6, 6.07) is 17.6. The Hall–Kier alpha value is -2.81. The van der Waals surface area contributed by atoms with Crippen molar-refractivity contribution in [3.63, 3.8) is 0 Å². The molecule has 5 N–H and O–H groups in total. The average Bonchev–Trinajstić information content (AvgIpc) is 2.64. The molecule has 8 heteroatoms. The van der Waals surface area contributed by atoms with Crippen LogP contribution in [0.3, 0.4) is 0 Å². The van der Waals surface area contributed by atoms with Gasteiger partial charge in [-0.1, -0.05) is 24.3 Å². The highest BCUT2D eigenvalue weighted by atomic mass is 32.2. The topological polar surface area (TPSA) is 123 Å². The largest absolute Gasteiger partial charge is 0.383 e. The van der Waals surface area contributed by atoms with Gasteiger partial charge in [0, 0.05) is 29.5 Å². The number of anilines is 1. The van der Waals surface area contributed by atoms with Crippen LogP contribution in [0.25, 0.3) is 10.8 Å². The second-order valence-corrected chi connectivity index (χ2v) is 7.19. The van der Waals surface area contributed by atoms with Crippen molar-refractivity contribution in [3.05, 3.63) is 60.7 Å². The molecule has 0 amide bonds. The molecule has 0 spiro atoms. The number of benzene rings is 3. The van der Waals surface area contributed by atoms with Gasteiger partial charge in [-0.3, -0.25) is 0 Å². The number of nitrogens with one attached hydrogen (secondary N) is 1. The van der Waals surface area contributed by atoms with Crippen molar-refractivity contribution in [1.82, 2.24) is 0 Å². The third kappa shape index (κ3) is 4.05. The third-order valence-electron chi connectivity index (χ3n) is 3.80. The zero-order chi connectivity index (χ0) is 18.6. The molecule has 0 atom stereocenters. The molecule has 26 heavy (non-hydrogen) atoms. The van der Waals surface area contributed by atoms with Crippen molar-refractivity contribution in [1.29, 1.82) is 0 Å². The van der Waals surface area contributed by atoms with Crippen molar-refractivity contribution < 1.29 is 8.42 Å². The highest BCUT2D eigenvalue weighted by Gasteiger charge is 2.07. The van der Waals surface area contributed by atoms with Gasteiger partial charge < -0.3 is 11.1 Å². The van der Waals surface area contributed by atoms with Crippen molar-refractivity contribution >= 4 is 37.9 Å². The quantitative estimate of drug-likeness (QED) is 0.577. The Labute approximate surface area is 151 Å². The molecule has 0 aliphatic heterocycles. The molecule has 0 fully saturated rings. The van der Waals surface area contributed by atoms with Crippen LogP contribution in [0.4, 0.5) is 17.1 Å². The van der Waals surface area contributed by atoms with E-state index in [4.69, 9.17) is 10.9 Å². The predicted molar refractivity (Wildman–Crippen MR) is 103 cm³/mol. The zero-order valence-electron chi connectivity index (χ0n) is 14.0. The number of fused-ring (bicyclic) bond motifs is 1. The van der Waals surface area contributed by atoms with Crippen molar-refractivity contribution in [2.24, 2.45) is 21.1 Å². The normalized spacial score (nSPS) is 11.9. The fraction of sp³-hybridized carbons (Fsp3) is 0.111. The third-order valence-corrected chi connectivity index (χ3v) is 4.73. The number of hydrogen-bond acceptors (Lipinski definition) is 6. The average molecular weight is 369 g/mol. The molecule has 0 heterocycles. The summed E-state index contributed by atoms with van der Waals surface area (Å²) in [5.74, 6) is 0. The molecule has 0 aromatic heterocycles. The van der Waals surface area contributed by atoms with Crippen LogP contribution in [-0.2, 0) is 10.0 Å². The van der Waals surface area contributed by atoms with E-state index < -0.39 is 10.0 Å². The Morgan fingerprint density at radius 2 is 1.58 bits per heavy atom. The van der Waals surface area contributed by atoms with Crippen LogP contribution < -0.4 is 16.2 Å². The van der Waals surface area contributed by atoms with Crippen molar-refractivity contribution in [2.45, 2.75) is 4.90 Å². The Balaban J connectivity index is 1.92. The Morgan fingerprint density at radius 1 is 0.885 bits per heavy atom. The van der Waals surface area contributed by atoms with Crippen LogP contribution >= 0.6 is 0 Å². The first kappa shape index (κ1) is 18.0.